The fourth-order valence-corrected chi connectivity index (χ4v) is 2.00. The Morgan fingerprint density at radius 2 is 1.52 bits per heavy atom. The van der Waals surface area contributed by atoms with Gasteiger partial charge in [-0.25, -0.2) is 4.39 Å². The predicted molar refractivity (Wildman–Crippen MR) is 73.4 cm³/mol. The van der Waals surface area contributed by atoms with Crippen molar-refractivity contribution in [2.24, 2.45) is 0 Å². The van der Waals surface area contributed by atoms with Gasteiger partial charge in [0.2, 0.25) is 0 Å². The Balaban J connectivity index is 2.00. The third-order valence-electron chi connectivity index (χ3n) is 2.86. The molecule has 0 saturated heterocycles. The van der Waals surface area contributed by atoms with Gasteiger partial charge in [0.25, 0.3) is 0 Å². The molecule has 0 atom stereocenters. The minimum Gasteiger partial charge on any atom is -0.309 e. The van der Waals surface area contributed by atoms with Crippen LogP contribution in [0.15, 0.2) is 42.5 Å². The van der Waals surface area contributed by atoms with Crippen molar-refractivity contribution >= 4 is 11.6 Å². The fourth-order valence-electron chi connectivity index (χ4n) is 1.87. The van der Waals surface area contributed by atoms with Gasteiger partial charge in [0, 0.05) is 18.1 Å². The quantitative estimate of drug-likeness (QED) is 0.800. The molecule has 0 spiro atoms. The van der Waals surface area contributed by atoms with Gasteiger partial charge in [-0.2, -0.15) is 13.2 Å². The second-order valence-electron chi connectivity index (χ2n) is 4.58. The second-order valence-corrected chi connectivity index (χ2v) is 5.01. The molecule has 0 saturated carbocycles. The van der Waals surface area contributed by atoms with Gasteiger partial charge in [-0.1, -0.05) is 23.7 Å². The molecule has 0 aliphatic heterocycles. The molecular weight excluding hydrogens is 306 g/mol. The van der Waals surface area contributed by atoms with Crippen LogP contribution in [0.3, 0.4) is 0 Å². The lowest BCUT2D eigenvalue weighted by atomic mass is 10.1. The maximum Gasteiger partial charge on any atom is 0.416 e. The van der Waals surface area contributed by atoms with E-state index < -0.39 is 17.6 Å². The molecule has 0 heterocycles. The largest absolute Gasteiger partial charge is 0.416 e. The Labute approximate surface area is 124 Å². The molecule has 0 amide bonds. The van der Waals surface area contributed by atoms with E-state index in [0.29, 0.717) is 17.6 Å². The van der Waals surface area contributed by atoms with Crippen molar-refractivity contribution in [1.29, 1.82) is 0 Å². The lowest BCUT2D eigenvalue weighted by Gasteiger charge is -2.10. The third kappa shape index (κ3) is 4.72. The van der Waals surface area contributed by atoms with Gasteiger partial charge in [-0.15, -0.1) is 0 Å². The first-order valence-corrected chi connectivity index (χ1v) is 6.54. The summed E-state index contributed by atoms with van der Waals surface area (Å²) in [6.45, 7) is 0.596. The molecule has 0 aromatic heterocycles. The summed E-state index contributed by atoms with van der Waals surface area (Å²) >= 11 is 5.75. The Morgan fingerprint density at radius 3 is 2.14 bits per heavy atom. The van der Waals surface area contributed by atoms with Gasteiger partial charge in [0.15, 0.2) is 0 Å². The van der Waals surface area contributed by atoms with Crippen LogP contribution >= 0.6 is 11.6 Å². The van der Waals surface area contributed by atoms with Gasteiger partial charge in [-0.3, -0.25) is 0 Å². The number of hydrogen-bond acceptors (Lipinski definition) is 1. The Hall–Kier alpha value is -1.59. The summed E-state index contributed by atoms with van der Waals surface area (Å²) in [4.78, 5) is 0. The minimum atomic E-state index is -4.55. The highest BCUT2D eigenvalue weighted by Gasteiger charge is 2.31. The van der Waals surface area contributed by atoms with Crippen molar-refractivity contribution in [3.05, 3.63) is 70.0 Å². The Morgan fingerprint density at radius 1 is 0.905 bits per heavy atom. The van der Waals surface area contributed by atoms with E-state index in [1.165, 1.54) is 0 Å². The van der Waals surface area contributed by atoms with Gasteiger partial charge >= 0.3 is 6.18 Å². The van der Waals surface area contributed by atoms with E-state index in [4.69, 9.17) is 11.6 Å². The zero-order chi connectivity index (χ0) is 15.5. The summed E-state index contributed by atoms with van der Waals surface area (Å²) in [7, 11) is 0. The monoisotopic (exact) mass is 317 g/mol. The van der Waals surface area contributed by atoms with E-state index in [2.05, 4.69) is 5.32 Å². The van der Waals surface area contributed by atoms with Crippen molar-refractivity contribution < 1.29 is 17.6 Å². The summed E-state index contributed by atoms with van der Waals surface area (Å²) < 4.78 is 50.9. The van der Waals surface area contributed by atoms with E-state index in [1.807, 2.05) is 12.1 Å². The standard InChI is InChI=1S/C15H12ClF4N/c16-13-3-1-10(2-4-13)8-21-9-11-5-12(15(18,19)20)7-14(17)6-11/h1-7,21H,8-9H2. The van der Waals surface area contributed by atoms with Crippen LogP contribution in [-0.2, 0) is 19.3 Å². The van der Waals surface area contributed by atoms with E-state index in [9.17, 15) is 17.6 Å². The van der Waals surface area contributed by atoms with Crippen molar-refractivity contribution in [1.82, 2.24) is 5.32 Å². The van der Waals surface area contributed by atoms with Crippen molar-refractivity contribution in [3.8, 4) is 0 Å². The van der Waals surface area contributed by atoms with Gasteiger partial charge < -0.3 is 5.32 Å². The maximum absolute atomic E-state index is 13.2. The summed E-state index contributed by atoms with van der Waals surface area (Å²) in [5, 5.41) is 3.58. The minimum absolute atomic E-state index is 0.142. The van der Waals surface area contributed by atoms with Gasteiger partial charge in [0.05, 0.1) is 5.56 Å². The highest BCUT2D eigenvalue weighted by molar-refractivity contribution is 6.30. The molecule has 1 nitrogen and oxygen atoms in total. The van der Waals surface area contributed by atoms with Gasteiger partial charge in [0.1, 0.15) is 5.82 Å². The zero-order valence-electron chi connectivity index (χ0n) is 10.8. The average molecular weight is 318 g/mol. The molecule has 0 bridgehead atoms. The molecule has 2 aromatic carbocycles. The molecule has 0 aliphatic carbocycles. The molecule has 2 aromatic rings. The second kappa shape index (κ2) is 6.45. The van der Waals surface area contributed by atoms with Crippen LogP contribution in [0.5, 0.6) is 0 Å². The maximum atomic E-state index is 13.2. The molecular formula is C15H12ClF4N. The molecule has 2 rings (SSSR count). The summed E-state index contributed by atoms with van der Waals surface area (Å²) in [5.41, 5.74) is 0.203. The first-order valence-electron chi connectivity index (χ1n) is 6.16. The van der Waals surface area contributed by atoms with Crippen LogP contribution in [0.2, 0.25) is 5.02 Å². The SMILES string of the molecule is Fc1cc(CNCc2ccc(Cl)cc2)cc(C(F)(F)F)c1. The summed E-state index contributed by atoms with van der Waals surface area (Å²) in [6.07, 6.45) is -4.55. The lowest BCUT2D eigenvalue weighted by Crippen LogP contribution is -2.14. The zero-order valence-corrected chi connectivity index (χ0v) is 11.6. The number of halogens is 5. The van der Waals surface area contributed by atoms with E-state index >= 15 is 0 Å². The predicted octanol–water partition coefficient (Wildman–Crippen LogP) is 4.79. The van der Waals surface area contributed by atoms with Gasteiger partial charge in [-0.05, 0) is 41.5 Å². The van der Waals surface area contributed by atoms with Crippen LogP contribution in [0.4, 0.5) is 17.6 Å². The van der Waals surface area contributed by atoms with E-state index in [1.54, 1.807) is 12.1 Å². The highest BCUT2D eigenvalue weighted by atomic mass is 35.5. The molecule has 6 heteroatoms. The van der Waals surface area contributed by atoms with E-state index in [-0.39, 0.29) is 12.1 Å². The fraction of sp³-hybridized carbons (Fsp3) is 0.200. The van der Waals surface area contributed by atoms with Crippen LogP contribution < -0.4 is 5.32 Å². The normalized spacial score (nSPS) is 11.7. The van der Waals surface area contributed by atoms with E-state index in [0.717, 1.165) is 17.7 Å². The molecule has 0 unspecified atom stereocenters. The van der Waals surface area contributed by atoms with Crippen molar-refractivity contribution in [2.45, 2.75) is 19.3 Å². The molecule has 112 valence electrons. The summed E-state index contributed by atoms with van der Waals surface area (Å²) in [5.74, 6) is -0.895. The highest BCUT2D eigenvalue weighted by Crippen LogP contribution is 2.30. The van der Waals surface area contributed by atoms with Crippen LogP contribution in [0.25, 0.3) is 0 Å². The first kappa shape index (κ1) is 15.8. The first-order chi connectivity index (χ1) is 9.84. The third-order valence-corrected chi connectivity index (χ3v) is 3.11. The lowest BCUT2D eigenvalue weighted by molar-refractivity contribution is -0.137. The Bertz CT molecular complexity index is 608. The number of benzene rings is 2. The molecule has 0 radical (unpaired) electrons. The average Bonchev–Trinajstić information content (AvgIpc) is 2.39. The molecule has 21 heavy (non-hydrogen) atoms. The van der Waals surface area contributed by atoms with Crippen LogP contribution in [0, 0.1) is 5.82 Å². The Kier molecular flexibility index (Phi) is 4.85. The summed E-state index contributed by atoms with van der Waals surface area (Å²) in [6, 6.07) is 9.58. The number of nitrogens with one attached hydrogen (secondary N) is 1. The number of hydrogen-bond donors (Lipinski definition) is 1. The molecule has 0 aliphatic rings. The van der Waals surface area contributed by atoms with Crippen LogP contribution in [0.1, 0.15) is 16.7 Å². The van der Waals surface area contributed by atoms with Crippen LogP contribution in [-0.4, -0.2) is 0 Å². The molecule has 1 N–H and O–H groups in total. The number of alkyl halides is 3. The molecule has 0 fully saturated rings. The smallest absolute Gasteiger partial charge is 0.309 e. The topological polar surface area (TPSA) is 12.0 Å². The number of rotatable bonds is 4. The van der Waals surface area contributed by atoms with Crippen molar-refractivity contribution in [3.63, 3.8) is 0 Å². The van der Waals surface area contributed by atoms with Crippen molar-refractivity contribution in [2.75, 3.05) is 0 Å².